The molecular formula is C21H28N6O4. The Hall–Kier alpha value is -3.56. The second-order valence-corrected chi connectivity index (χ2v) is 7.52. The first-order chi connectivity index (χ1) is 14.8. The van der Waals surface area contributed by atoms with Crippen LogP contribution in [0.1, 0.15) is 37.1 Å². The molecule has 0 aliphatic heterocycles. The molecule has 1 aromatic heterocycles. The third-order valence-electron chi connectivity index (χ3n) is 4.84. The Balaban J connectivity index is 1.47. The first-order valence-corrected chi connectivity index (χ1v) is 10.2. The van der Waals surface area contributed by atoms with Crippen LogP contribution < -0.4 is 26.0 Å². The van der Waals surface area contributed by atoms with Crippen molar-refractivity contribution in [2.75, 3.05) is 19.0 Å². The number of hydrogen-bond donors (Lipinski definition) is 4. The molecule has 10 nitrogen and oxygen atoms in total. The number of rotatable bonds is 9. The number of nitrogens with one attached hydrogen (secondary N) is 4. The number of likely N-dealkylation sites (N-methyl/N-ethyl adjacent to an activating group) is 1. The second-order valence-electron chi connectivity index (χ2n) is 7.52. The molecule has 0 radical (unpaired) electrons. The minimum Gasteiger partial charge on any atom is -0.484 e. The molecule has 1 saturated carbocycles. The Bertz CT molecular complexity index is 936. The van der Waals surface area contributed by atoms with Crippen molar-refractivity contribution >= 4 is 23.7 Å². The monoisotopic (exact) mass is 428 g/mol. The molecule has 2 aromatic rings. The first-order valence-electron chi connectivity index (χ1n) is 10.2. The topological polar surface area (TPSA) is 126 Å². The Morgan fingerprint density at radius 1 is 1.19 bits per heavy atom. The van der Waals surface area contributed by atoms with E-state index in [9.17, 15) is 14.4 Å². The van der Waals surface area contributed by atoms with Crippen LogP contribution in [0.3, 0.4) is 0 Å². The van der Waals surface area contributed by atoms with Gasteiger partial charge >= 0.3 is 6.03 Å². The number of carbonyl (C=O) groups excluding carboxylic acids is 3. The number of amides is 4. The van der Waals surface area contributed by atoms with Gasteiger partial charge in [-0.15, -0.1) is 0 Å². The van der Waals surface area contributed by atoms with Crippen LogP contribution in [0.25, 0.3) is 0 Å². The van der Waals surface area contributed by atoms with E-state index >= 15 is 0 Å². The van der Waals surface area contributed by atoms with Crippen molar-refractivity contribution in [1.29, 1.82) is 0 Å². The number of aryl methyl sites for hydroxylation is 1. The largest absolute Gasteiger partial charge is 0.484 e. The molecule has 1 aliphatic rings. The molecule has 0 saturated heterocycles. The van der Waals surface area contributed by atoms with Gasteiger partial charge in [0.05, 0.1) is 6.04 Å². The Morgan fingerprint density at radius 2 is 1.90 bits per heavy atom. The standard InChI is InChI=1S/C21H28N6O4/c1-13-10-18(26-27(13)11-19(28)22-3)25-21(30)23-14(2)15-4-8-17(9-5-15)31-12-20(29)24-16-6-7-16/h4-5,8-10,14,16H,6-7,11-12H2,1-3H3,(H,22,28)(H,24,29)(H2,23,25,26,30). The van der Waals surface area contributed by atoms with Crippen LogP contribution in [0.4, 0.5) is 10.6 Å². The van der Waals surface area contributed by atoms with E-state index in [0.717, 1.165) is 24.1 Å². The predicted octanol–water partition coefficient (Wildman–Crippen LogP) is 1.48. The van der Waals surface area contributed by atoms with Gasteiger partial charge in [0.1, 0.15) is 12.3 Å². The number of ether oxygens (including phenoxy) is 1. The maximum Gasteiger partial charge on any atom is 0.320 e. The molecule has 1 aliphatic carbocycles. The third-order valence-corrected chi connectivity index (χ3v) is 4.84. The normalized spacial score (nSPS) is 13.8. The van der Waals surface area contributed by atoms with E-state index in [0.29, 0.717) is 17.6 Å². The molecule has 1 heterocycles. The number of hydrogen-bond acceptors (Lipinski definition) is 5. The first kappa shape index (κ1) is 22.1. The van der Waals surface area contributed by atoms with Gasteiger partial charge in [-0.05, 0) is 44.4 Å². The maximum absolute atomic E-state index is 12.3. The summed E-state index contributed by atoms with van der Waals surface area (Å²) in [5.41, 5.74) is 1.64. The minimum absolute atomic E-state index is 0.0158. The SMILES string of the molecule is CNC(=O)Cn1nc(NC(=O)NC(C)c2ccc(OCC(=O)NC3CC3)cc2)cc1C. The molecule has 31 heavy (non-hydrogen) atoms. The number of nitrogens with zero attached hydrogens (tertiary/aromatic N) is 2. The highest BCUT2D eigenvalue weighted by Gasteiger charge is 2.23. The smallest absolute Gasteiger partial charge is 0.320 e. The summed E-state index contributed by atoms with van der Waals surface area (Å²) in [6.07, 6.45) is 2.08. The molecule has 1 atom stereocenters. The quantitative estimate of drug-likeness (QED) is 0.481. The molecule has 166 valence electrons. The minimum atomic E-state index is -0.408. The van der Waals surface area contributed by atoms with E-state index in [-0.39, 0.29) is 31.0 Å². The van der Waals surface area contributed by atoms with Gasteiger partial charge in [-0.1, -0.05) is 12.1 Å². The van der Waals surface area contributed by atoms with Crippen LogP contribution in [-0.4, -0.2) is 47.3 Å². The molecule has 4 amide bonds. The second kappa shape index (κ2) is 9.96. The van der Waals surface area contributed by atoms with Crippen molar-refractivity contribution in [2.45, 2.75) is 45.3 Å². The van der Waals surface area contributed by atoms with Gasteiger partial charge in [-0.25, -0.2) is 4.79 Å². The molecule has 3 rings (SSSR count). The molecule has 10 heteroatoms. The van der Waals surface area contributed by atoms with Crippen LogP contribution in [0.2, 0.25) is 0 Å². The average Bonchev–Trinajstić information content (AvgIpc) is 3.49. The number of carbonyl (C=O) groups is 3. The van der Waals surface area contributed by atoms with Crippen LogP contribution in [0, 0.1) is 6.92 Å². The Morgan fingerprint density at radius 3 is 2.55 bits per heavy atom. The van der Waals surface area contributed by atoms with Gasteiger partial charge in [0.15, 0.2) is 12.4 Å². The fourth-order valence-electron chi connectivity index (χ4n) is 2.88. The Kier molecular flexibility index (Phi) is 7.11. The van der Waals surface area contributed by atoms with Gasteiger partial charge < -0.3 is 20.7 Å². The molecule has 0 bridgehead atoms. The summed E-state index contributed by atoms with van der Waals surface area (Å²) in [6.45, 7) is 3.73. The number of urea groups is 1. The van der Waals surface area contributed by atoms with Crippen molar-refractivity contribution in [3.63, 3.8) is 0 Å². The molecule has 1 fully saturated rings. The van der Waals surface area contributed by atoms with Gasteiger partial charge in [-0.3, -0.25) is 19.6 Å². The van der Waals surface area contributed by atoms with Gasteiger partial charge in [-0.2, -0.15) is 5.10 Å². The van der Waals surface area contributed by atoms with Gasteiger partial charge in [0.2, 0.25) is 5.91 Å². The number of anilines is 1. The van der Waals surface area contributed by atoms with E-state index in [1.165, 1.54) is 4.68 Å². The van der Waals surface area contributed by atoms with E-state index in [1.807, 2.05) is 19.1 Å². The summed E-state index contributed by atoms with van der Waals surface area (Å²) in [4.78, 5) is 35.5. The zero-order valence-electron chi connectivity index (χ0n) is 17.9. The fourth-order valence-corrected chi connectivity index (χ4v) is 2.88. The van der Waals surface area contributed by atoms with Gasteiger partial charge in [0.25, 0.3) is 5.91 Å². The molecule has 1 aromatic carbocycles. The van der Waals surface area contributed by atoms with Crippen molar-refractivity contribution in [3.05, 3.63) is 41.6 Å². The molecular weight excluding hydrogens is 400 g/mol. The summed E-state index contributed by atoms with van der Waals surface area (Å²) in [7, 11) is 1.56. The van der Waals surface area contributed by atoms with E-state index in [1.54, 1.807) is 32.2 Å². The number of benzene rings is 1. The molecule has 1 unspecified atom stereocenters. The van der Waals surface area contributed by atoms with Crippen molar-refractivity contribution in [3.8, 4) is 5.75 Å². The van der Waals surface area contributed by atoms with Crippen LogP contribution in [-0.2, 0) is 16.1 Å². The van der Waals surface area contributed by atoms with Crippen LogP contribution in [0.5, 0.6) is 5.75 Å². The summed E-state index contributed by atoms with van der Waals surface area (Å²) < 4.78 is 7.00. The zero-order valence-corrected chi connectivity index (χ0v) is 17.9. The van der Waals surface area contributed by atoms with Crippen molar-refractivity contribution in [1.82, 2.24) is 25.7 Å². The molecule has 0 spiro atoms. The van der Waals surface area contributed by atoms with Gasteiger partial charge in [0, 0.05) is 24.8 Å². The van der Waals surface area contributed by atoms with Crippen molar-refractivity contribution in [2.24, 2.45) is 0 Å². The van der Waals surface area contributed by atoms with Crippen LogP contribution >= 0.6 is 0 Å². The van der Waals surface area contributed by atoms with Crippen molar-refractivity contribution < 1.29 is 19.1 Å². The number of aromatic nitrogens is 2. The Labute approximate surface area is 180 Å². The van der Waals surface area contributed by atoms with E-state index in [2.05, 4.69) is 26.4 Å². The lowest BCUT2D eigenvalue weighted by Gasteiger charge is -2.15. The fraction of sp³-hybridized carbons (Fsp3) is 0.429. The average molecular weight is 428 g/mol. The predicted molar refractivity (Wildman–Crippen MR) is 115 cm³/mol. The highest BCUT2D eigenvalue weighted by atomic mass is 16.5. The van der Waals surface area contributed by atoms with E-state index < -0.39 is 6.03 Å². The third kappa shape index (κ3) is 6.73. The highest BCUT2D eigenvalue weighted by molar-refractivity contribution is 5.88. The lowest BCUT2D eigenvalue weighted by Crippen LogP contribution is -2.31. The molecule has 4 N–H and O–H groups in total. The summed E-state index contributed by atoms with van der Waals surface area (Å²) >= 11 is 0. The maximum atomic E-state index is 12.3. The summed E-state index contributed by atoms with van der Waals surface area (Å²) in [5.74, 6) is 0.654. The lowest BCUT2D eigenvalue weighted by molar-refractivity contribution is -0.123. The highest BCUT2D eigenvalue weighted by Crippen LogP contribution is 2.19. The summed E-state index contributed by atoms with van der Waals surface area (Å²) in [5, 5.41) is 15.1. The lowest BCUT2D eigenvalue weighted by atomic mass is 10.1. The summed E-state index contributed by atoms with van der Waals surface area (Å²) in [6, 6.07) is 8.53. The zero-order chi connectivity index (χ0) is 22.4. The van der Waals surface area contributed by atoms with E-state index in [4.69, 9.17) is 4.74 Å². The van der Waals surface area contributed by atoms with Crippen LogP contribution in [0.15, 0.2) is 30.3 Å².